The fraction of sp³-hybridized carbons (Fsp3) is 0.647. The van der Waals surface area contributed by atoms with Gasteiger partial charge < -0.3 is 15.7 Å². The predicted octanol–water partition coefficient (Wildman–Crippen LogP) is 3.11. The minimum absolute atomic E-state index is 0. The van der Waals surface area contributed by atoms with Crippen molar-refractivity contribution in [3.63, 3.8) is 0 Å². The molecule has 8 heteroatoms. The number of aliphatic hydroxyl groups is 1. The van der Waals surface area contributed by atoms with Gasteiger partial charge in [0, 0.05) is 37.5 Å². The SMILES string of the molecule is CCNC(=NCc1cn2ccsc2n1)NCC(CCO)CC(C)C.I. The molecule has 0 bridgehead atoms. The molecule has 0 amide bonds. The minimum Gasteiger partial charge on any atom is -0.396 e. The first-order valence-corrected chi connectivity index (χ1v) is 9.54. The summed E-state index contributed by atoms with van der Waals surface area (Å²) >= 11 is 1.63. The van der Waals surface area contributed by atoms with Crippen LogP contribution in [0.4, 0.5) is 0 Å². The van der Waals surface area contributed by atoms with Crippen molar-refractivity contribution in [1.29, 1.82) is 0 Å². The molecule has 1 unspecified atom stereocenters. The molecule has 142 valence electrons. The summed E-state index contributed by atoms with van der Waals surface area (Å²) in [7, 11) is 0. The molecule has 0 aliphatic rings. The lowest BCUT2D eigenvalue weighted by atomic mass is 9.94. The maximum absolute atomic E-state index is 9.24. The van der Waals surface area contributed by atoms with Crippen molar-refractivity contribution in [2.75, 3.05) is 19.7 Å². The number of rotatable bonds is 9. The standard InChI is InChI=1S/C17H29N5OS.HI/c1-4-18-16(19-10-14(5-7-23)9-13(2)3)20-11-15-12-22-6-8-24-17(22)21-15;/h6,8,12-14,23H,4-5,7,9-11H2,1-3H3,(H2,18,19,20);1H. The molecule has 0 saturated heterocycles. The number of thiazole rings is 1. The number of hydrogen-bond donors (Lipinski definition) is 3. The van der Waals surface area contributed by atoms with Gasteiger partial charge in [-0.2, -0.15) is 0 Å². The average molecular weight is 479 g/mol. The highest BCUT2D eigenvalue weighted by Crippen LogP contribution is 2.14. The summed E-state index contributed by atoms with van der Waals surface area (Å²) < 4.78 is 2.02. The molecule has 0 fully saturated rings. The van der Waals surface area contributed by atoms with Crippen LogP contribution in [-0.4, -0.2) is 40.1 Å². The van der Waals surface area contributed by atoms with Crippen LogP contribution in [0.3, 0.4) is 0 Å². The Kier molecular flexibility index (Phi) is 10.4. The number of nitrogens with one attached hydrogen (secondary N) is 2. The van der Waals surface area contributed by atoms with E-state index in [-0.39, 0.29) is 30.6 Å². The van der Waals surface area contributed by atoms with Gasteiger partial charge >= 0.3 is 0 Å². The highest BCUT2D eigenvalue weighted by molar-refractivity contribution is 14.0. The van der Waals surface area contributed by atoms with Gasteiger partial charge in [-0.05, 0) is 31.6 Å². The lowest BCUT2D eigenvalue weighted by molar-refractivity contribution is 0.243. The van der Waals surface area contributed by atoms with Crippen molar-refractivity contribution in [2.45, 2.75) is 40.2 Å². The molecule has 0 aliphatic heterocycles. The zero-order valence-corrected chi connectivity index (χ0v) is 18.4. The van der Waals surface area contributed by atoms with E-state index in [0.717, 1.165) is 42.5 Å². The second kappa shape index (κ2) is 11.7. The van der Waals surface area contributed by atoms with Crippen LogP contribution in [0.5, 0.6) is 0 Å². The number of fused-ring (bicyclic) bond motifs is 1. The van der Waals surface area contributed by atoms with Crippen LogP contribution < -0.4 is 10.6 Å². The van der Waals surface area contributed by atoms with Crippen LogP contribution in [0.15, 0.2) is 22.8 Å². The Labute approximate surface area is 171 Å². The quantitative estimate of drug-likeness (QED) is 0.294. The van der Waals surface area contributed by atoms with Crippen LogP contribution in [0.25, 0.3) is 4.96 Å². The second-order valence-electron chi connectivity index (χ2n) is 6.41. The molecule has 2 rings (SSSR count). The fourth-order valence-corrected chi connectivity index (χ4v) is 3.47. The Bertz CT molecular complexity index is 611. The molecule has 0 radical (unpaired) electrons. The molecule has 0 saturated carbocycles. The third kappa shape index (κ3) is 7.49. The van der Waals surface area contributed by atoms with Crippen molar-refractivity contribution in [1.82, 2.24) is 20.0 Å². The lowest BCUT2D eigenvalue weighted by Gasteiger charge is -2.20. The molecule has 3 N–H and O–H groups in total. The second-order valence-corrected chi connectivity index (χ2v) is 7.28. The summed E-state index contributed by atoms with van der Waals surface area (Å²) in [4.78, 5) is 10.2. The monoisotopic (exact) mass is 479 g/mol. The number of guanidine groups is 1. The summed E-state index contributed by atoms with van der Waals surface area (Å²) in [5.41, 5.74) is 0.966. The number of aliphatic hydroxyl groups excluding tert-OH is 1. The molecule has 1 atom stereocenters. The van der Waals surface area contributed by atoms with Crippen LogP contribution in [0.1, 0.15) is 39.3 Å². The van der Waals surface area contributed by atoms with Gasteiger partial charge in [-0.1, -0.05) is 13.8 Å². The maximum Gasteiger partial charge on any atom is 0.193 e. The summed E-state index contributed by atoms with van der Waals surface area (Å²) in [5.74, 6) is 1.89. The van der Waals surface area contributed by atoms with Gasteiger partial charge in [0.2, 0.25) is 0 Å². The van der Waals surface area contributed by atoms with Crippen molar-refractivity contribution in [2.24, 2.45) is 16.8 Å². The number of aromatic nitrogens is 2. The van der Waals surface area contributed by atoms with E-state index in [1.54, 1.807) is 11.3 Å². The van der Waals surface area contributed by atoms with Gasteiger partial charge in [-0.15, -0.1) is 35.3 Å². The van der Waals surface area contributed by atoms with Crippen LogP contribution in [0.2, 0.25) is 0 Å². The summed E-state index contributed by atoms with van der Waals surface area (Å²) in [5, 5.41) is 17.9. The maximum atomic E-state index is 9.24. The summed E-state index contributed by atoms with van der Waals surface area (Å²) in [6, 6.07) is 0. The highest BCUT2D eigenvalue weighted by atomic mass is 127. The zero-order chi connectivity index (χ0) is 17.4. The molecular formula is C17H30IN5OS. The molecule has 25 heavy (non-hydrogen) atoms. The van der Waals surface area contributed by atoms with Crippen LogP contribution in [0, 0.1) is 11.8 Å². The van der Waals surface area contributed by atoms with Gasteiger partial charge in [0.1, 0.15) is 0 Å². The van der Waals surface area contributed by atoms with Crippen LogP contribution >= 0.6 is 35.3 Å². The lowest BCUT2D eigenvalue weighted by Crippen LogP contribution is -2.40. The van der Waals surface area contributed by atoms with E-state index in [1.807, 2.05) is 22.2 Å². The molecule has 0 aliphatic carbocycles. The first kappa shape index (κ1) is 22.2. The van der Waals surface area contributed by atoms with E-state index in [2.05, 4.69) is 41.4 Å². The largest absolute Gasteiger partial charge is 0.396 e. The van der Waals surface area contributed by atoms with Gasteiger partial charge in [0.05, 0.1) is 12.2 Å². The smallest absolute Gasteiger partial charge is 0.193 e. The zero-order valence-electron chi connectivity index (χ0n) is 15.2. The van der Waals surface area contributed by atoms with Crippen molar-refractivity contribution < 1.29 is 5.11 Å². The van der Waals surface area contributed by atoms with E-state index in [4.69, 9.17) is 0 Å². The third-order valence-corrected chi connectivity index (χ3v) is 4.56. The number of halogens is 1. The molecule has 2 heterocycles. The minimum atomic E-state index is 0. The Balaban J connectivity index is 0.00000312. The van der Waals surface area contributed by atoms with Gasteiger partial charge in [-0.25, -0.2) is 9.98 Å². The van der Waals surface area contributed by atoms with E-state index in [0.29, 0.717) is 18.4 Å². The van der Waals surface area contributed by atoms with E-state index in [9.17, 15) is 5.11 Å². The van der Waals surface area contributed by atoms with E-state index >= 15 is 0 Å². The summed E-state index contributed by atoms with van der Waals surface area (Å²) in [6.07, 6.45) is 5.95. The van der Waals surface area contributed by atoms with Gasteiger partial charge in [-0.3, -0.25) is 4.40 Å². The number of imidazole rings is 1. The molecule has 0 aromatic carbocycles. The Morgan fingerprint density at radius 1 is 1.40 bits per heavy atom. The average Bonchev–Trinajstić information content (AvgIpc) is 3.10. The van der Waals surface area contributed by atoms with Gasteiger partial charge in [0.25, 0.3) is 0 Å². The Morgan fingerprint density at radius 3 is 2.84 bits per heavy atom. The molecule has 2 aromatic rings. The van der Waals surface area contributed by atoms with E-state index < -0.39 is 0 Å². The number of aliphatic imine (C=N–C) groups is 1. The van der Waals surface area contributed by atoms with Crippen molar-refractivity contribution in [3.8, 4) is 0 Å². The topological polar surface area (TPSA) is 74.0 Å². The number of nitrogens with zero attached hydrogens (tertiary/aromatic N) is 3. The van der Waals surface area contributed by atoms with Crippen molar-refractivity contribution in [3.05, 3.63) is 23.5 Å². The first-order chi connectivity index (χ1) is 11.6. The Hall–Kier alpha value is -0.870. The van der Waals surface area contributed by atoms with Crippen molar-refractivity contribution >= 4 is 46.2 Å². The highest BCUT2D eigenvalue weighted by Gasteiger charge is 2.11. The number of hydrogen-bond acceptors (Lipinski definition) is 4. The predicted molar refractivity (Wildman–Crippen MR) is 116 cm³/mol. The third-order valence-electron chi connectivity index (χ3n) is 3.79. The molecule has 0 spiro atoms. The Morgan fingerprint density at radius 2 is 2.20 bits per heavy atom. The van der Waals surface area contributed by atoms with E-state index in [1.165, 1.54) is 0 Å². The molecule has 2 aromatic heterocycles. The molecular weight excluding hydrogens is 449 g/mol. The first-order valence-electron chi connectivity index (χ1n) is 8.66. The summed E-state index contributed by atoms with van der Waals surface area (Å²) in [6.45, 7) is 8.92. The molecule has 6 nitrogen and oxygen atoms in total. The van der Waals surface area contributed by atoms with Crippen LogP contribution in [-0.2, 0) is 6.54 Å². The van der Waals surface area contributed by atoms with Gasteiger partial charge in [0.15, 0.2) is 10.9 Å². The fourth-order valence-electron chi connectivity index (χ4n) is 2.75. The normalized spacial score (nSPS) is 13.1.